The van der Waals surface area contributed by atoms with E-state index in [1.165, 1.54) is 11.7 Å². The van der Waals surface area contributed by atoms with Gasteiger partial charge in [0.2, 0.25) is 0 Å². The van der Waals surface area contributed by atoms with Crippen LogP contribution in [0.4, 0.5) is 27.8 Å². The number of benzene rings is 2. The molecule has 192 valence electrons. The van der Waals surface area contributed by atoms with Crippen LogP contribution in [0.3, 0.4) is 0 Å². The molecular weight excluding hydrogens is 527 g/mol. The Hall–Kier alpha value is -2.41. The Balaban J connectivity index is 1.94. The van der Waals surface area contributed by atoms with Crippen LogP contribution in [0.25, 0.3) is 22.0 Å². The molecule has 6 nitrogen and oxygen atoms in total. The summed E-state index contributed by atoms with van der Waals surface area (Å²) in [6, 6.07) is 2.21. The fourth-order valence-electron chi connectivity index (χ4n) is 4.60. The van der Waals surface area contributed by atoms with Crippen LogP contribution < -0.4 is 15.9 Å². The topological polar surface area (TPSA) is 59.4 Å². The average molecular weight is 547 g/mol. The van der Waals surface area contributed by atoms with E-state index in [0.717, 1.165) is 23.9 Å². The Morgan fingerprint density at radius 1 is 1.17 bits per heavy atom. The Labute approximate surface area is 211 Å². The number of alkyl halides is 3. The molecule has 1 fully saturated rings. The SMILES string of the molecule is CO[C@H]1CSc2c(-c3cc(Cl)c(F)cc3F)c(C(F)(F)F)cc3c(N4CCNCC4)nc(=O)n(c23)C1. The molecule has 1 N–H and O–H groups in total. The van der Waals surface area contributed by atoms with Crippen LogP contribution in [-0.2, 0) is 17.5 Å². The van der Waals surface area contributed by atoms with Crippen LogP contribution in [0.15, 0.2) is 27.9 Å². The van der Waals surface area contributed by atoms with Crippen molar-refractivity contribution >= 4 is 40.1 Å². The first-order valence-corrected chi connectivity index (χ1v) is 12.4. The lowest BCUT2D eigenvalue weighted by Gasteiger charge is -2.30. The van der Waals surface area contributed by atoms with Crippen molar-refractivity contribution in [3.63, 3.8) is 0 Å². The number of ether oxygens (including phenoxy) is 1. The van der Waals surface area contributed by atoms with Gasteiger partial charge in [0.25, 0.3) is 0 Å². The summed E-state index contributed by atoms with van der Waals surface area (Å²) >= 11 is 6.89. The number of piperazine rings is 1. The Morgan fingerprint density at radius 3 is 2.56 bits per heavy atom. The van der Waals surface area contributed by atoms with Crippen molar-refractivity contribution in [1.82, 2.24) is 14.9 Å². The van der Waals surface area contributed by atoms with Crippen LogP contribution >= 0.6 is 23.4 Å². The van der Waals surface area contributed by atoms with E-state index in [1.54, 1.807) is 4.90 Å². The molecule has 1 aromatic heterocycles. The van der Waals surface area contributed by atoms with Crippen LogP contribution in [-0.4, -0.2) is 54.7 Å². The third-order valence-corrected chi connectivity index (χ3v) is 7.85. The Morgan fingerprint density at radius 2 is 1.89 bits per heavy atom. The monoisotopic (exact) mass is 546 g/mol. The largest absolute Gasteiger partial charge is 0.417 e. The van der Waals surface area contributed by atoms with E-state index < -0.39 is 51.3 Å². The summed E-state index contributed by atoms with van der Waals surface area (Å²) in [6.07, 6.45) is -5.42. The number of aromatic nitrogens is 2. The molecule has 3 heterocycles. The second-order valence-electron chi connectivity index (χ2n) is 8.50. The number of halogens is 6. The lowest BCUT2D eigenvalue weighted by Crippen LogP contribution is -2.45. The van der Waals surface area contributed by atoms with Crippen molar-refractivity contribution in [2.45, 2.75) is 23.7 Å². The first-order chi connectivity index (χ1) is 17.1. The second-order valence-corrected chi connectivity index (χ2v) is 9.94. The minimum Gasteiger partial charge on any atom is -0.379 e. The van der Waals surface area contributed by atoms with E-state index in [4.69, 9.17) is 16.3 Å². The van der Waals surface area contributed by atoms with Crippen molar-refractivity contribution in [1.29, 1.82) is 0 Å². The van der Waals surface area contributed by atoms with Gasteiger partial charge in [-0.2, -0.15) is 18.2 Å². The van der Waals surface area contributed by atoms with E-state index in [9.17, 15) is 22.4 Å². The summed E-state index contributed by atoms with van der Waals surface area (Å²) in [5.74, 6) is -1.95. The molecule has 13 heteroatoms. The summed E-state index contributed by atoms with van der Waals surface area (Å²) in [5, 5.41) is 2.77. The van der Waals surface area contributed by atoms with Gasteiger partial charge in [-0.15, -0.1) is 11.8 Å². The normalized spacial score (nSPS) is 18.5. The molecule has 0 bridgehead atoms. The number of hydrogen-bond donors (Lipinski definition) is 1. The summed E-state index contributed by atoms with van der Waals surface area (Å²) < 4.78 is 79.2. The van der Waals surface area contributed by atoms with Gasteiger partial charge in [0.05, 0.1) is 28.8 Å². The fourth-order valence-corrected chi connectivity index (χ4v) is 6.08. The highest BCUT2D eigenvalue weighted by Crippen LogP contribution is 2.49. The summed E-state index contributed by atoms with van der Waals surface area (Å²) in [5.41, 5.74) is -2.57. The van der Waals surface area contributed by atoms with Gasteiger partial charge >= 0.3 is 11.9 Å². The third kappa shape index (κ3) is 4.33. The van der Waals surface area contributed by atoms with Gasteiger partial charge in [-0.3, -0.25) is 4.57 Å². The molecule has 2 aliphatic rings. The van der Waals surface area contributed by atoms with Crippen molar-refractivity contribution in [2.75, 3.05) is 43.9 Å². The summed E-state index contributed by atoms with van der Waals surface area (Å²) in [7, 11) is 1.44. The zero-order chi connectivity index (χ0) is 25.8. The molecule has 0 amide bonds. The molecule has 0 aliphatic carbocycles. The number of nitrogens with zero attached hydrogens (tertiary/aromatic N) is 3. The quantitative estimate of drug-likeness (QED) is 0.384. The lowest BCUT2D eigenvalue weighted by atomic mass is 9.95. The first kappa shape index (κ1) is 25.2. The van der Waals surface area contributed by atoms with Crippen molar-refractivity contribution in [3.05, 3.63) is 50.9 Å². The van der Waals surface area contributed by atoms with Crippen molar-refractivity contribution < 1.29 is 26.7 Å². The zero-order valence-corrected chi connectivity index (χ0v) is 20.5. The summed E-state index contributed by atoms with van der Waals surface area (Å²) in [6.45, 7) is 2.09. The van der Waals surface area contributed by atoms with Gasteiger partial charge in [0, 0.05) is 66.5 Å². The predicted octanol–water partition coefficient (Wildman–Crippen LogP) is 4.54. The van der Waals surface area contributed by atoms with Gasteiger partial charge in [0.1, 0.15) is 17.5 Å². The highest BCUT2D eigenvalue weighted by Gasteiger charge is 2.39. The molecule has 1 saturated heterocycles. The van der Waals surface area contributed by atoms with E-state index in [2.05, 4.69) is 10.3 Å². The number of hydrogen-bond acceptors (Lipinski definition) is 6. The zero-order valence-electron chi connectivity index (χ0n) is 18.9. The van der Waals surface area contributed by atoms with E-state index in [0.29, 0.717) is 32.2 Å². The highest BCUT2D eigenvalue weighted by atomic mass is 35.5. The van der Waals surface area contributed by atoms with Crippen LogP contribution in [0.5, 0.6) is 0 Å². The first-order valence-electron chi connectivity index (χ1n) is 11.0. The molecule has 3 aromatic rings. The Bertz CT molecular complexity index is 1410. The van der Waals surface area contributed by atoms with Gasteiger partial charge < -0.3 is 15.0 Å². The molecule has 2 aromatic carbocycles. The molecular formula is C23H20ClF5N4O2S. The maximum absolute atomic E-state index is 15.0. The van der Waals surface area contributed by atoms with E-state index in [1.807, 2.05) is 0 Å². The molecule has 0 radical (unpaired) electrons. The Kier molecular flexibility index (Phi) is 6.64. The van der Waals surface area contributed by atoms with Crippen LogP contribution in [0, 0.1) is 11.6 Å². The van der Waals surface area contributed by atoms with Crippen LogP contribution in [0.1, 0.15) is 5.56 Å². The molecule has 36 heavy (non-hydrogen) atoms. The van der Waals surface area contributed by atoms with Gasteiger partial charge in [0.15, 0.2) is 0 Å². The maximum atomic E-state index is 15.0. The number of thioether (sulfide) groups is 1. The number of methoxy groups -OCH3 is 1. The summed E-state index contributed by atoms with van der Waals surface area (Å²) in [4.78, 5) is 19.2. The third-order valence-electron chi connectivity index (χ3n) is 6.33. The van der Waals surface area contributed by atoms with Gasteiger partial charge in [-0.1, -0.05) is 11.6 Å². The maximum Gasteiger partial charge on any atom is 0.417 e. The number of nitrogens with one attached hydrogen (secondary N) is 1. The predicted molar refractivity (Wildman–Crippen MR) is 128 cm³/mol. The van der Waals surface area contributed by atoms with Crippen LogP contribution in [0.2, 0.25) is 5.02 Å². The fraction of sp³-hybridized carbons (Fsp3) is 0.391. The minimum absolute atomic E-state index is 0.0387. The standard InChI is InChI=1S/C23H20ClF5N4O2S/c1-35-11-9-33-19-13(21(31-22(33)34)32-4-2-30-3-5-32)6-14(23(27,28)29)18(20(19)36-10-11)12-7-15(24)17(26)8-16(12)25/h6-8,11,30H,2-5,9-10H2,1H3/t11-/m1/s1. The van der Waals surface area contributed by atoms with Crippen molar-refractivity contribution in [2.24, 2.45) is 0 Å². The lowest BCUT2D eigenvalue weighted by molar-refractivity contribution is -0.137. The van der Waals surface area contributed by atoms with Gasteiger partial charge in [-0.25, -0.2) is 13.6 Å². The number of rotatable bonds is 3. The van der Waals surface area contributed by atoms with E-state index in [-0.39, 0.29) is 33.9 Å². The molecule has 0 unspecified atom stereocenters. The minimum atomic E-state index is -4.90. The number of anilines is 1. The van der Waals surface area contributed by atoms with Crippen molar-refractivity contribution in [3.8, 4) is 11.1 Å². The smallest absolute Gasteiger partial charge is 0.379 e. The van der Waals surface area contributed by atoms with E-state index >= 15 is 4.39 Å². The molecule has 0 spiro atoms. The molecule has 5 rings (SSSR count). The van der Waals surface area contributed by atoms with Gasteiger partial charge in [-0.05, 0) is 12.1 Å². The molecule has 1 atom stereocenters. The highest BCUT2D eigenvalue weighted by molar-refractivity contribution is 7.99. The molecule has 2 aliphatic heterocycles. The second kappa shape index (κ2) is 9.47. The average Bonchev–Trinajstić information content (AvgIpc) is 3.04. The molecule has 0 saturated carbocycles.